The Kier molecular flexibility index (Phi) is 6.45. The summed E-state index contributed by atoms with van der Waals surface area (Å²) in [7, 11) is 1.64. The third-order valence-electron chi connectivity index (χ3n) is 4.47. The van der Waals surface area contributed by atoms with Gasteiger partial charge < -0.3 is 9.84 Å². The SMILES string of the molecule is CCCN(CC(=O)O)Cc1cn(-c2ccccc2)nc1-c1ccc(OC)cc1. The van der Waals surface area contributed by atoms with E-state index in [1.54, 1.807) is 7.11 Å². The van der Waals surface area contributed by atoms with Crippen LogP contribution in [0.15, 0.2) is 60.8 Å². The van der Waals surface area contributed by atoms with Crippen LogP contribution in [0.25, 0.3) is 16.9 Å². The third-order valence-corrected chi connectivity index (χ3v) is 4.47. The van der Waals surface area contributed by atoms with Gasteiger partial charge in [0, 0.05) is 23.9 Å². The van der Waals surface area contributed by atoms with Gasteiger partial charge in [0.15, 0.2) is 0 Å². The number of hydrogen-bond acceptors (Lipinski definition) is 4. The number of carboxylic acid groups (broad SMARTS) is 1. The standard InChI is InChI=1S/C22H25N3O3/c1-3-13-24(16-21(26)27)14-18-15-25(19-7-5-4-6-8-19)23-22(18)17-9-11-20(28-2)12-10-17/h4-12,15H,3,13-14,16H2,1-2H3,(H,26,27). The predicted molar refractivity (Wildman–Crippen MR) is 109 cm³/mol. The summed E-state index contributed by atoms with van der Waals surface area (Å²) in [6.45, 7) is 3.29. The molecular formula is C22H25N3O3. The Morgan fingerprint density at radius 1 is 1.14 bits per heavy atom. The zero-order valence-corrected chi connectivity index (χ0v) is 16.2. The summed E-state index contributed by atoms with van der Waals surface area (Å²) in [5.41, 5.74) is 3.77. The van der Waals surface area contributed by atoms with Gasteiger partial charge in [-0.05, 0) is 49.4 Å². The second kappa shape index (κ2) is 9.19. The lowest BCUT2D eigenvalue weighted by molar-refractivity contribution is -0.138. The number of rotatable bonds is 9. The highest BCUT2D eigenvalue weighted by Gasteiger charge is 2.17. The number of benzene rings is 2. The molecule has 6 nitrogen and oxygen atoms in total. The van der Waals surface area contributed by atoms with Crippen molar-refractivity contribution < 1.29 is 14.6 Å². The lowest BCUT2D eigenvalue weighted by Gasteiger charge is -2.19. The van der Waals surface area contributed by atoms with Crippen LogP contribution in [0.5, 0.6) is 5.75 Å². The van der Waals surface area contributed by atoms with Gasteiger partial charge in [-0.1, -0.05) is 25.1 Å². The van der Waals surface area contributed by atoms with Gasteiger partial charge in [0.1, 0.15) is 5.75 Å². The van der Waals surface area contributed by atoms with Crippen LogP contribution in [0.3, 0.4) is 0 Å². The van der Waals surface area contributed by atoms with E-state index in [9.17, 15) is 9.90 Å². The lowest BCUT2D eigenvalue weighted by Crippen LogP contribution is -2.30. The first kappa shape index (κ1) is 19.6. The molecule has 1 aromatic heterocycles. The van der Waals surface area contributed by atoms with Crippen molar-refractivity contribution in [2.24, 2.45) is 0 Å². The van der Waals surface area contributed by atoms with Gasteiger partial charge in [-0.3, -0.25) is 9.69 Å². The molecule has 0 unspecified atom stereocenters. The number of carbonyl (C=O) groups is 1. The van der Waals surface area contributed by atoms with E-state index in [-0.39, 0.29) is 6.54 Å². The van der Waals surface area contributed by atoms with E-state index in [2.05, 4.69) is 0 Å². The highest BCUT2D eigenvalue weighted by molar-refractivity contribution is 5.69. The Morgan fingerprint density at radius 3 is 2.46 bits per heavy atom. The van der Waals surface area contributed by atoms with Crippen LogP contribution in [0.1, 0.15) is 18.9 Å². The maximum Gasteiger partial charge on any atom is 0.317 e. The van der Waals surface area contributed by atoms with Gasteiger partial charge in [0.05, 0.1) is 25.0 Å². The lowest BCUT2D eigenvalue weighted by atomic mass is 10.1. The number of aliphatic carboxylic acids is 1. The molecule has 3 aromatic rings. The molecule has 0 radical (unpaired) electrons. The molecule has 146 valence electrons. The van der Waals surface area contributed by atoms with Crippen LogP contribution in [0.2, 0.25) is 0 Å². The third kappa shape index (κ3) is 4.78. The maximum absolute atomic E-state index is 11.3. The molecule has 0 amide bonds. The zero-order valence-electron chi connectivity index (χ0n) is 16.2. The molecule has 1 heterocycles. The molecule has 28 heavy (non-hydrogen) atoms. The predicted octanol–water partition coefficient (Wildman–Crippen LogP) is 3.84. The number of ether oxygens (including phenoxy) is 1. The largest absolute Gasteiger partial charge is 0.497 e. The second-order valence-electron chi connectivity index (χ2n) is 6.62. The first-order valence-electron chi connectivity index (χ1n) is 9.33. The van der Waals surface area contributed by atoms with Crippen molar-refractivity contribution in [1.29, 1.82) is 0 Å². The number of para-hydroxylation sites is 1. The first-order valence-corrected chi connectivity index (χ1v) is 9.33. The molecule has 0 spiro atoms. The topological polar surface area (TPSA) is 67.6 Å². The van der Waals surface area contributed by atoms with Crippen LogP contribution in [-0.4, -0.2) is 46.0 Å². The van der Waals surface area contributed by atoms with Gasteiger partial charge in [-0.2, -0.15) is 5.10 Å². The Hall–Kier alpha value is -3.12. The monoisotopic (exact) mass is 379 g/mol. The van der Waals surface area contributed by atoms with Crippen LogP contribution in [0, 0.1) is 0 Å². The van der Waals surface area contributed by atoms with E-state index in [4.69, 9.17) is 9.84 Å². The summed E-state index contributed by atoms with van der Waals surface area (Å²) in [4.78, 5) is 13.2. The summed E-state index contributed by atoms with van der Waals surface area (Å²) in [6.07, 6.45) is 2.87. The molecule has 1 N–H and O–H groups in total. The zero-order chi connectivity index (χ0) is 19.9. The fourth-order valence-electron chi connectivity index (χ4n) is 3.19. The molecule has 0 aliphatic heterocycles. The smallest absolute Gasteiger partial charge is 0.317 e. The van der Waals surface area contributed by atoms with Gasteiger partial charge in [0.25, 0.3) is 0 Å². The summed E-state index contributed by atoms with van der Waals surface area (Å²) in [5, 5.41) is 14.0. The molecule has 0 atom stereocenters. The molecule has 3 rings (SSSR count). The Bertz CT molecular complexity index is 905. The van der Waals surface area contributed by atoms with Gasteiger partial charge in [-0.25, -0.2) is 4.68 Å². The molecule has 6 heteroatoms. The highest BCUT2D eigenvalue weighted by Crippen LogP contribution is 2.27. The molecule has 0 aliphatic carbocycles. The molecule has 0 saturated heterocycles. The van der Waals surface area contributed by atoms with Crippen molar-refractivity contribution in [3.63, 3.8) is 0 Å². The Morgan fingerprint density at radius 2 is 1.86 bits per heavy atom. The molecule has 0 bridgehead atoms. The number of carboxylic acids is 1. The number of nitrogens with zero attached hydrogens (tertiary/aromatic N) is 3. The summed E-state index contributed by atoms with van der Waals surface area (Å²) in [5.74, 6) is -0.0406. The van der Waals surface area contributed by atoms with Crippen molar-refractivity contribution in [1.82, 2.24) is 14.7 Å². The molecule has 0 aliphatic rings. The molecule has 2 aromatic carbocycles. The normalized spacial score (nSPS) is 11.0. The van der Waals surface area contributed by atoms with Gasteiger partial charge in [0.2, 0.25) is 0 Å². The second-order valence-corrected chi connectivity index (χ2v) is 6.62. The molecular weight excluding hydrogens is 354 g/mol. The quantitative estimate of drug-likeness (QED) is 0.612. The van der Waals surface area contributed by atoms with Crippen LogP contribution in [0.4, 0.5) is 0 Å². The van der Waals surface area contributed by atoms with Crippen LogP contribution in [-0.2, 0) is 11.3 Å². The van der Waals surface area contributed by atoms with E-state index in [0.29, 0.717) is 13.1 Å². The minimum Gasteiger partial charge on any atom is -0.497 e. The summed E-state index contributed by atoms with van der Waals surface area (Å²) < 4.78 is 7.10. The Labute approximate surface area is 165 Å². The average Bonchev–Trinajstić information content (AvgIpc) is 3.12. The van der Waals surface area contributed by atoms with E-state index in [1.165, 1.54) is 0 Å². The van der Waals surface area contributed by atoms with Crippen LogP contribution >= 0.6 is 0 Å². The van der Waals surface area contributed by atoms with Crippen molar-refractivity contribution in [3.8, 4) is 22.7 Å². The number of aromatic nitrogens is 2. The number of methoxy groups -OCH3 is 1. The van der Waals surface area contributed by atoms with Crippen molar-refractivity contribution >= 4 is 5.97 Å². The average molecular weight is 379 g/mol. The van der Waals surface area contributed by atoms with E-state index >= 15 is 0 Å². The van der Waals surface area contributed by atoms with Crippen molar-refractivity contribution in [3.05, 3.63) is 66.4 Å². The maximum atomic E-state index is 11.3. The molecule has 0 fully saturated rings. The fourth-order valence-corrected chi connectivity index (χ4v) is 3.19. The van der Waals surface area contributed by atoms with E-state index < -0.39 is 5.97 Å². The van der Waals surface area contributed by atoms with Gasteiger partial charge >= 0.3 is 5.97 Å². The minimum absolute atomic E-state index is 0.00636. The fraction of sp³-hybridized carbons (Fsp3) is 0.273. The summed E-state index contributed by atoms with van der Waals surface area (Å²) >= 11 is 0. The first-order chi connectivity index (χ1) is 13.6. The summed E-state index contributed by atoms with van der Waals surface area (Å²) in [6, 6.07) is 17.7. The number of hydrogen-bond donors (Lipinski definition) is 1. The molecule has 0 saturated carbocycles. The van der Waals surface area contributed by atoms with Gasteiger partial charge in [-0.15, -0.1) is 0 Å². The van der Waals surface area contributed by atoms with Crippen LogP contribution < -0.4 is 4.74 Å². The highest BCUT2D eigenvalue weighted by atomic mass is 16.5. The van der Waals surface area contributed by atoms with E-state index in [1.807, 2.05) is 77.3 Å². The van der Waals surface area contributed by atoms with E-state index in [0.717, 1.165) is 34.7 Å². The van der Waals surface area contributed by atoms with Crippen molar-refractivity contribution in [2.75, 3.05) is 20.2 Å². The Balaban J connectivity index is 1.99. The van der Waals surface area contributed by atoms with Crippen molar-refractivity contribution in [2.45, 2.75) is 19.9 Å². The minimum atomic E-state index is -0.824.